The molecule has 2 amide bonds. The van der Waals surface area contributed by atoms with Crippen LogP contribution in [0.2, 0.25) is 0 Å². The maximum Gasteiger partial charge on any atom is 0.285 e. The summed E-state index contributed by atoms with van der Waals surface area (Å²) in [5, 5.41) is 1.03. The van der Waals surface area contributed by atoms with Crippen LogP contribution in [0.5, 0.6) is 0 Å². The minimum atomic E-state index is -0.446. The second-order valence-electron chi connectivity index (χ2n) is 4.88. The van der Waals surface area contributed by atoms with E-state index in [-0.39, 0.29) is 4.32 Å². The van der Waals surface area contributed by atoms with Crippen molar-refractivity contribution in [2.24, 2.45) is 0 Å². The first-order chi connectivity index (χ1) is 11.5. The van der Waals surface area contributed by atoms with Crippen molar-refractivity contribution in [3.8, 4) is 0 Å². The van der Waals surface area contributed by atoms with Gasteiger partial charge in [0.25, 0.3) is 11.8 Å². The average molecular weight is 358 g/mol. The Morgan fingerprint density at radius 2 is 1.92 bits per heavy atom. The Morgan fingerprint density at radius 3 is 2.62 bits per heavy atom. The minimum absolute atomic E-state index is 0.215. The molecule has 2 aromatic rings. The van der Waals surface area contributed by atoms with E-state index >= 15 is 0 Å². The normalized spacial score (nSPS) is 15.9. The zero-order valence-electron chi connectivity index (χ0n) is 12.2. The Balaban J connectivity index is 1.78. The van der Waals surface area contributed by atoms with E-state index in [1.807, 2.05) is 0 Å². The van der Waals surface area contributed by atoms with Crippen LogP contribution in [0, 0.1) is 5.82 Å². The van der Waals surface area contributed by atoms with Gasteiger partial charge in [0.05, 0.1) is 4.91 Å². The van der Waals surface area contributed by atoms with Crippen LogP contribution in [0.3, 0.4) is 0 Å². The number of nitrogens with zero attached hydrogens (tertiary/aromatic N) is 1. The molecule has 1 heterocycles. The highest BCUT2D eigenvalue weighted by Gasteiger charge is 2.33. The summed E-state index contributed by atoms with van der Waals surface area (Å²) < 4.78 is 13.5. The van der Waals surface area contributed by atoms with Crippen LogP contribution >= 0.6 is 24.0 Å². The molecule has 0 atom stereocenters. The first-order valence-electron chi connectivity index (χ1n) is 6.94. The van der Waals surface area contributed by atoms with E-state index in [4.69, 9.17) is 12.2 Å². The van der Waals surface area contributed by atoms with Crippen LogP contribution in [-0.2, 0) is 4.79 Å². The average Bonchev–Trinajstić information content (AvgIpc) is 2.83. The molecule has 3 rings (SSSR count). The van der Waals surface area contributed by atoms with Crippen molar-refractivity contribution in [3.05, 3.63) is 76.4 Å². The van der Waals surface area contributed by atoms with Crippen LogP contribution in [0.15, 0.2) is 59.5 Å². The smallest absolute Gasteiger partial charge is 0.267 e. The molecule has 0 spiro atoms. The number of hydrogen-bond donors (Lipinski definition) is 1. The van der Waals surface area contributed by atoms with E-state index in [0.717, 1.165) is 16.8 Å². The Hall–Kier alpha value is -2.51. The van der Waals surface area contributed by atoms with Gasteiger partial charge in [0.15, 0.2) is 4.32 Å². The summed E-state index contributed by atoms with van der Waals surface area (Å²) in [5.41, 5.74) is 3.45. The summed E-state index contributed by atoms with van der Waals surface area (Å²) in [7, 11) is 0. The number of thioether (sulfide) groups is 1. The van der Waals surface area contributed by atoms with E-state index in [1.165, 1.54) is 18.2 Å². The molecule has 1 saturated heterocycles. The highest BCUT2D eigenvalue weighted by atomic mass is 32.2. The maximum absolute atomic E-state index is 13.2. The molecule has 0 bridgehead atoms. The summed E-state index contributed by atoms with van der Waals surface area (Å²) in [5.74, 6) is -1.27. The molecule has 0 aromatic heterocycles. The van der Waals surface area contributed by atoms with Crippen LogP contribution < -0.4 is 5.43 Å². The minimum Gasteiger partial charge on any atom is -0.267 e. The molecule has 4 nitrogen and oxygen atoms in total. The van der Waals surface area contributed by atoms with Crippen molar-refractivity contribution in [3.63, 3.8) is 0 Å². The molecule has 2 aromatic carbocycles. The van der Waals surface area contributed by atoms with Crippen LogP contribution in [-0.4, -0.2) is 21.1 Å². The molecule has 0 aliphatic carbocycles. The van der Waals surface area contributed by atoms with E-state index in [2.05, 4.69) is 5.43 Å². The molecule has 1 aliphatic rings. The van der Waals surface area contributed by atoms with Gasteiger partial charge in [-0.25, -0.2) is 4.39 Å². The number of halogens is 1. The molecule has 7 heteroatoms. The van der Waals surface area contributed by atoms with E-state index in [9.17, 15) is 14.0 Å². The zero-order valence-corrected chi connectivity index (χ0v) is 13.9. The van der Waals surface area contributed by atoms with Gasteiger partial charge in [-0.05, 0) is 48.1 Å². The van der Waals surface area contributed by atoms with E-state index in [0.29, 0.717) is 16.0 Å². The van der Waals surface area contributed by atoms with Crippen molar-refractivity contribution in [2.45, 2.75) is 0 Å². The lowest BCUT2D eigenvalue weighted by molar-refractivity contribution is -0.123. The molecular weight excluding hydrogens is 347 g/mol. The monoisotopic (exact) mass is 358 g/mol. The number of hydrazine groups is 1. The lowest BCUT2D eigenvalue weighted by Crippen LogP contribution is -2.44. The second-order valence-corrected chi connectivity index (χ2v) is 6.55. The van der Waals surface area contributed by atoms with E-state index in [1.54, 1.807) is 42.5 Å². The largest absolute Gasteiger partial charge is 0.285 e. The van der Waals surface area contributed by atoms with Crippen LogP contribution in [0.25, 0.3) is 6.08 Å². The molecule has 1 fully saturated rings. The number of amides is 2. The molecule has 1 N–H and O–H groups in total. The molecule has 24 heavy (non-hydrogen) atoms. The molecular formula is C17H11FN2O2S2. The van der Waals surface area contributed by atoms with Gasteiger partial charge in [0, 0.05) is 5.56 Å². The molecule has 0 saturated carbocycles. The number of rotatable bonds is 3. The van der Waals surface area contributed by atoms with Crippen molar-refractivity contribution >= 4 is 46.2 Å². The summed E-state index contributed by atoms with van der Waals surface area (Å²) in [6, 6.07) is 14.4. The summed E-state index contributed by atoms with van der Waals surface area (Å²) in [4.78, 5) is 24.9. The fraction of sp³-hybridized carbons (Fsp3) is 0. The predicted molar refractivity (Wildman–Crippen MR) is 95.3 cm³/mol. The maximum atomic E-state index is 13.2. The third-order valence-corrected chi connectivity index (χ3v) is 4.49. The van der Waals surface area contributed by atoms with Gasteiger partial charge >= 0.3 is 0 Å². The first kappa shape index (κ1) is 16.4. The van der Waals surface area contributed by atoms with Gasteiger partial charge in [-0.15, -0.1) is 0 Å². The fourth-order valence-corrected chi connectivity index (χ4v) is 3.25. The van der Waals surface area contributed by atoms with Gasteiger partial charge in [-0.3, -0.25) is 15.0 Å². The van der Waals surface area contributed by atoms with Crippen molar-refractivity contribution < 1.29 is 14.0 Å². The highest BCUT2D eigenvalue weighted by molar-refractivity contribution is 8.26. The lowest BCUT2D eigenvalue weighted by Gasteiger charge is -2.15. The molecule has 1 aliphatic heterocycles. The van der Waals surface area contributed by atoms with Crippen molar-refractivity contribution in [1.82, 2.24) is 10.4 Å². The number of benzene rings is 2. The lowest BCUT2D eigenvalue weighted by atomic mass is 10.2. The topological polar surface area (TPSA) is 49.4 Å². The van der Waals surface area contributed by atoms with Crippen molar-refractivity contribution in [2.75, 3.05) is 0 Å². The highest BCUT2D eigenvalue weighted by Crippen LogP contribution is 2.31. The van der Waals surface area contributed by atoms with Crippen LogP contribution in [0.4, 0.5) is 4.39 Å². The number of carbonyl (C=O) groups excluding carboxylic acids is 2. The Labute approximate surface area is 147 Å². The molecule has 120 valence electrons. The van der Waals surface area contributed by atoms with Crippen LogP contribution in [0.1, 0.15) is 15.9 Å². The standard InChI is InChI=1S/C17H11FN2O2S2/c18-13-8-4-5-11(9-13)10-14-16(22)20(17(23)24-14)19-15(21)12-6-2-1-3-7-12/h1-10H,(H,19,21). The number of carbonyl (C=O) groups is 2. The third kappa shape index (κ3) is 3.52. The van der Waals surface area contributed by atoms with Gasteiger partial charge in [0.1, 0.15) is 5.82 Å². The van der Waals surface area contributed by atoms with Gasteiger partial charge < -0.3 is 0 Å². The fourth-order valence-electron chi connectivity index (χ4n) is 2.07. The quantitative estimate of drug-likeness (QED) is 0.675. The van der Waals surface area contributed by atoms with Gasteiger partial charge in [-0.2, -0.15) is 5.01 Å². The number of nitrogens with one attached hydrogen (secondary N) is 1. The number of hydrogen-bond acceptors (Lipinski definition) is 4. The van der Waals surface area contributed by atoms with Gasteiger partial charge in [0.2, 0.25) is 0 Å². The summed E-state index contributed by atoms with van der Waals surface area (Å²) in [6.45, 7) is 0. The third-order valence-electron chi connectivity index (χ3n) is 3.19. The van der Waals surface area contributed by atoms with E-state index < -0.39 is 17.6 Å². The summed E-state index contributed by atoms with van der Waals surface area (Å²) >= 11 is 6.19. The Morgan fingerprint density at radius 1 is 1.17 bits per heavy atom. The molecule has 0 unspecified atom stereocenters. The first-order valence-corrected chi connectivity index (χ1v) is 8.16. The molecule has 0 radical (unpaired) electrons. The predicted octanol–water partition coefficient (Wildman–Crippen LogP) is 3.37. The van der Waals surface area contributed by atoms with Gasteiger partial charge in [-0.1, -0.05) is 42.1 Å². The Bertz CT molecular complexity index is 853. The second kappa shape index (κ2) is 6.94. The zero-order chi connectivity index (χ0) is 17.1. The summed E-state index contributed by atoms with van der Waals surface area (Å²) in [6.07, 6.45) is 1.54. The van der Waals surface area contributed by atoms with Crippen molar-refractivity contribution in [1.29, 1.82) is 0 Å². The SMILES string of the molecule is O=C(NN1C(=O)C(=Cc2cccc(F)c2)SC1=S)c1ccccc1. The Kier molecular flexibility index (Phi) is 4.73. The number of thiocarbonyl (C=S) groups is 1.